The van der Waals surface area contributed by atoms with E-state index in [1.165, 1.54) is 186 Å². The van der Waals surface area contributed by atoms with Gasteiger partial charge >= 0.3 is 39.5 Å². The van der Waals surface area contributed by atoms with Crippen LogP contribution in [-0.2, 0) is 65.4 Å². The van der Waals surface area contributed by atoms with Crippen LogP contribution < -0.4 is 0 Å². The van der Waals surface area contributed by atoms with Crippen molar-refractivity contribution in [3.63, 3.8) is 0 Å². The van der Waals surface area contributed by atoms with Gasteiger partial charge in [0.05, 0.1) is 26.4 Å². The second kappa shape index (κ2) is 66.0. The third-order valence-corrected chi connectivity index (χ3v) is 19.8. The molecular weight excluding hydrogens is 1220 g/mol. The van der Waals surface area contributed by atoms with Crippen molar-refractivity contribution >= 4 is 39.5 Å². The first kappa shape index (κ1) is 91.1. The van der Waals surface area contributed by atoms with Gasteiger partial charge in [-0.3, -0.25) is 37.3 Å². The van der Waals surface area contributed by atoms with Crippen molar-refractivity contribution in [3.8, 4) is 0 Å². The zero-order chi connectivity index (χ0) is 68.6. The van der Waals surface area contributed by atoms with Crippen LogP contribution in [0.5, 0.6) is 0 Å². The molecule has 4 unspecified atom stereocenters. The third-order valence-electron chi connectivity index (χ3n) is 17.9. The van der Waals surface area contributed by atoms with E-state index >= 15 is 0 Å². The van der Waals surface area contributed by atoms with Crippen LogP contribution in [0.1, 0.15) is 382 Å². The van der Waals surface area contributed by atoms with Gasteiger partial charge in [-0.25, -0.2) is 9.13 Å². The predicted octanol–water partition coefficient (Wildman–Crippen LogP) is 21.6. The van der Waals surface area contributed by atoms with Gasteiger partial charge in [0, 0.05) is 25.7 Å². The van der Waals surface area contributed by atoms with Crippen molar-refractivity contribution < 1.29 is 80.2 Å². The average Bonchev–Trinajstić information content (AvgIpc) is 1.82. The fraction of sp³-hybridized carbons (Fsp3) is 0.946. The molecule has 19 heteroatoms. The van der Waals surface area contributed by atoms with E-state index in [2.05, 4.69) is 41.5 Å². The second-order valence-corrected chi connectivity index (χ2v) is 30.1. The molecule has 0 aromatic heterocycles. The minimum absolute atomic E-state index is 0.105. The van der Waals surface area contributed by atoms with Gasteiger partial charge < -0.3 is 33.8 Å². The fourth-order valence-corrected chi connectivity index (χ4v) is 12.8. The van der Waals surface area contributed by atoms with Crippen LogP contribution in [0.2, 0.25) is 0 Å². The largest absolute Gasteiger partial charge is 0.472 e. The Morgan fingerprint density at radius 2 is 0.516 bits per heavy atom. The number of carbonyl (C=O) groups is 4. The number of aliphatic hydroxyl groups excluding tert-OH is 1. The Morgan fingerprint density at radius 1 is 0.301 bits per heavy atom. The van der Waals surface area contributed by atoms with E-state index in [0.717, 1.165) is 115 Å². The molecule has 0 aromatic rings. The zero-order valence-corrected chi connectivity index (χ0v) is 62.3. The second-order valence-electron chi connectivity index (χ2n) is 27.2. The molecule has 0 saturated heterocycles. The van der Waals surface area contributed by atoms with Crippen molar-refractivity contribution in [2.75, 3.05) is 39.6 Å². The lowest BCUT2D eigenvalue weighted by molar-refractivity contribution is -0.161. The number of hydrogen-bond acceptors (Lipinski definition) is 15. The Labute approximate surface area is 568 Å². The minimum atomic E-state index is -4.95. The van der Waals surface area contributed by atoms with Crippen LogP contribution in [0.25, 0.3) is 0 Å². The monoisotopic (exact) mass is 1370 g/mol. The van der Waals surface area contributed by atoms with Crippen LogP contribution >= 0.6 is 15.6 Å². The molecule has 0 radical (unpaired) electrons. The van der Waals surface area contributed by atoms with Crippen LogP contribution in [0.15, 0.2) is 0 Å². The number of esters is 4. The molecule has 0 amide bonds. The lowest BCUT2D eigenvalue weighted by atomic mass is 9.99. The highest BCUT2D eigenvalue weighted by Crippen LogP contribution is 2.45. The molecule has 7 atom stereocenters. The van der Waals surface area contributed by atoms with E-state index in [9.17, 15) is 43.2 Å². The van der Waals surface area contributed by atoms with Crippen LogP contribution in [-0.4, -0.2) is 96.7 Å². The molecule has 0 aromatic carbocycles. The lowest BCUT2D eigenvalue weighted by Gasteiger charge is -2.21. The van der Waals surface area contributed by atoms with E-state index in [-0.39, 0.29) is 25.7 Å². The maximum Gasteiger partial charge on any atom is 0.472 e. The zero-order valence-electron chi connectivity index (χ0n) is 60.6. The van der Waals surface area contributed by atoms with Gasteiger partial charge in [0.15, 0.2) is 12.2 Å². The summed E-state index contributed by atoms with van der Waals surface area (Å²) in [7, 11) is -9.90. The highest BCUT2D eigenvalue weighted by atomic mass is 31.2. The maximum atomic E-state index is 13.1. The van der Waals surface area contributed by atoms with Crippen molar-refractivity contribution in [2.24, 2.45) is 11.8 Å². The lowest BCUT2D eigenvalue weighted by Crippen LogP contribution is -2.30. The third kappa shape index (κ3) is 65.8. The van der Waals surface area contributed by atoms with Crippen molar-refractivity contribution in [1.29, 1.82) is 0 Å². The predicted molar refractivity (Wildman–Crippen MR) is 377 cm³/mol. The normalized spacial score (nSPS) is 14.6. The highest BCUT2D eigenvalue weighted by molar-refractivity contribution is 7.47. The van der Waals surface area contributed by atoms with Crippen LogP contribution in [0.3, 0.4) is 0 Å². The van der Waals surface area contributed by atoms with E-state index in [1.807, 2.05) is 0 Å². The molecule has 0 spiro atoms. The van der Waals surface area contributed by atoms with E-state index in [0.29, 0.717) is 25.7 Å². The van der Waals surface area contributed by atoms with Gasteiger partial charge in [0.1, 0.15) is 19.3 Å². The van der Waals surface area contributed by atoms with Crippen molar-refractivity contribution in [2.45, 2.75) is 400 Å². The molecule has 93 heavy (non-hydrogen) atoms. The Hall–Kier alpha value is -1.94. The number of ether oxygens (including phenoxy) is 4. The van der Waals surface area contributed by atoms with Crippen molar-refractivity contribution in [1.82, 2.24) is 0 Å². The molecule has 0 aliphatic carbocycles. The molecule has 552 valence electrons. The summed E-state index contributed by atoms with van der Waals surface area (Å²) in [5, 5.41) is 10.6. The van der Waals surface area contributed by atoms with E-state index in [4.69, 9.17) is 37.0 Å². The maximum absolute atomic E-state index is 13.1. The molecule has 0 fully saturated rings. The molecule has 0 rings (SSSR count). The Bertz CT molecular complexity index is 1810. The molecule has 17 nitrogen and oxygen atoms in total. The number of phosphoric ester groups is 2. The SMILES string of the molecule is CCCCCCCCCCCCCCCCCCCCCCC(=O)O[C@H](COC(=O)CCCCCCCCCCCCC(C)CC)COP(=O)(O)OC[C@@H](O)COP(=O)(O)OC[C@@H](COC(=O)CCCCCCCCC)OC(=O)CCCCCCCCCCC(C)CC. The Morgan fingerprint density at radius 3 is 0.763 bits per heavy atom. The highest BCUT2D eigenvalue weighted by Gasteiger charge is 2.30. The standard InChI is InChI=1S/C74H144O17P2/c1-7-11-13-15-17-18-19-20-21-22-23-24-25-26-27-28-33-40-46-52-58-73(78)90-70(63-85-72(77)57-51-45-39-32-30-29-31-37-42-48-54-66(5)9-3)65-89-93(82,83)87-61-68(75)60-86-92(80,81)88-64-69(62-84-71(76)56-50-44-36-16-14-12-8-2)91-74(79)59-53-47-41-35-34-38-43-49-55-67(6)10-4/h66-70,75H,7-65H2,1-6H3,(H,80,81)(H,82,83)/t66?,67?,68-,69+,70+/m0/s1. The molecule has 0 heterocycles. The molecule has 3 N–H and O–H groups in total. The Balaban J connectivity index is 5.18. The fourth-order valence-electron chi connectivity index (χ4n) is 11.2. The quantitative estimate of drug-likeness (QED) is 0.0222. The van der Waals surface area contributed by atoms with Gasteiger partial charge in [-0.15, -0.1) is 0 Å². The molecule has 0 aliphatic heterocycles. The summed E-state index contributed by atoms with van der Waals surface area (Å²) < 4.78 is 68.3. The topological polar surface area (TPSA) is 237 Å². The summed E-state index contributed by atoms with van der Waals surface area (Å²) in [4.78, 5) is 72.6. The summed E-state index contributed by atoms with van der Waals surface area (Å²) >= 11 is 0. The van der Waals surface area contributed by atoms with Gasteiger partial charge in [0.25, 0.3) is 0 Å². The first-order chi connectivity index (χ1) is 44.9. The van der Waals surface area contributed by atoms with Crippen LogP contribution in [0, 0.1) is 11.8 Å². The number of phosphoric acid groups is 2. The molecule has 0 bridgehead atoms. The number of hydrogen-bond donors (Lipinski definition) is 3. The van der Waals surface area contributed by atoms with Gasteiger partial charge in [-0.2, -0.15) is 0 Å². The van der Waals surface area contributed by atoms with Crippen LogP contribution in [0.4, 0.5) is 0 Å². The first-order valence-electron chi connectivity index (χ1n) is 38.6. The van der Waals surface area contributed by atoms with E-state index in [1.54, 1.807) is 0 Å². The molecule has 0 aliphatic rings. The summed E-state index contributed by atoms with van der Waals surface area (Å²) in [6.07, 6.45) is 52.8. The Kier molecular flexibility index (Phi) is 64.6. The molecular formula is C74H144O17P2. The number of carbonyl (C=O) groups excluding carboxylic acids is 4. The average molecular weight is 1370 g/mol. The molecule has 0 saturated carbocycles. The first-order valence-corrected chi connectivity index (χ1v) is 41.6. The minimum Gasteiger partial charge on any atom is -0.462 e. The van der Waals surface area contributed by atoms with Gasteiger partial charge in [-0.1, -0.05) is 330 Å². The number of unbranched alkanes of at least 4 members (excludes halogenated alkanes) is 41. The summed E-state index contributed by atoms with van der Waals surface area (Å²) in [6.45, 7) is 9.56. The van der Waals surface area contributed by atoms with Crippen molar-refractivity contribution in [3.05, 3.63) is 0 Å². The summed E-state index contributed by atoms with van der Waals surface area (Å²) in [6, 6.07) is 0. The summed E-state index contributed by atoms with van der Waals surface area (Å²) in [5.74, 6) is -0.546. The van der Waals surface area contributed by atoms with E-state index < -0.39 is 97.5 Å². The summed E-state index contributed by atoms with van der Waals surface area (Å²) in [5.41, 5.74) is 0. The number of rotatable bonds is 73. The smallest absolute Gasteiger partial charge is 0.462 e. The number of aliphatic hydroxyl groups is 1. The van der Waals surface area contributed by atoms with Gasteiger partial charge in [-0.05, 0) is 37.5 Å². The van der Waals surface area contributed by atoms with Gasteiger partial charge in [0.2, 0.25) is 0 Å².